The quantitative estimate of drug-likeness (QED) is 0.349. The molecule has 4 heterocycles. The molecule has 1 aromatic heterocycles. The maximum atomic E-state index is 14.2. The van der Waals surface area contributed by atoms with Gasteiger partial charge in [0.25, 0.3) is 0 Å². The van der Waals surface area contributed by atoms with Crippen molar-refractivity contribution in [2.45, 2.75) is 103 Å². The second kappa shape index (κ2) is 15.1. The highest BCUT2D eigenvalue weighted by molar-refractivity contribution is 6.04. The Balaban J connectivity index is 1.59. The van der Waals surface area contributed by atoms with Crippen LogP contribution in [-0.2, 0) is 35.1 Å². The van der Waals surface area contributed by atoms with Crippen LogP contribution in [0.1, 0.15) is 59.9 Å². The van der Waals surface area contributed by atoms with Crippen LogP contribution < -0.4 is 0 Å². The van der Waals surface area contributed by atoms with E-state index in [0.717, 1.165) is 26.2 Å². The summed E-state index contributed by atoms with van der Waals surface area (Å²) in [5, 5.41) is 11.3. The van der Waals surface area contributed by atoms with Crippen molar-refractivity contribution in [1.82, 2.24) is 19.7 Å². The van der Waals surface area contributed by atoms with Crippen LogP contribution in [0.15, 0.2) is 24.5 Å². The summed E-state index contributed by atoms with van der Waals surface area (Å²) in [5.41, 5.74) is -1.12. The number of carbonyl (C=O) groups excluding carboxylic acids is 2. The first-order valence-corrected chi connectivity index (χ1v) is 16.8. The van der Waals surface area contributed by atoms with E-state index in [9.17, 15) is 14.7 Å². The van der Waals surface area contributed by atoms with Crippen molar-refractivity contribution in [3.8, 4) is 0 Å². The van der Waals surface area contributed by atoms with Gasteiger partial charge >= 0.3 is 5.97 Å². The molecule has 0 radical (unpaired) electrons. The summed E-state index contributed by atoms with van der Waals surface area (Å²) in [6, 6.07) is 3.90. The van der Waals surface area contributed by atoms with Gasteiger partial charge in [-0.1, -0.05) is 13.8 Å². The van der Waals surface area contributed by atoms with Gasteiger partial charge in [0.15, 0.2) is 12.1 Å². The summed E-state index contributed by atoms with van der Waals surface area (Å²) < 4.78 is 25.0. The molecule has 0 bridgehead atoms. The zero-order valence-corrected chi connectivity index (χ0v) is 29.6. The van der Waals surface area contributed by atoms with E-state index in [-0.39, 0.29) is 36.5 Å². The molecule has 9 atom stereocenters. The number of hydrogen-bond donors (Lipinski definition) is 1. The number of ketones is 1. The summed E-state index contributed by atoms with van der Waals surface area (Å²) in [4.78, 5) is 38.7. The molecule has 3 aliphatic heterocycles. The third-order valence-electron chi connectivity index (χ3n) is 10.6. The molecule has 260 valence electrons. The van der Waals surface area contributed by atoms with E-state index in [4.69, 9.17) is 18.9 Å². The fraction of sp³-hybridized carbons (Fsp3) is 0.800. The summed E-state index contributed by atoms with van der Waals surface area (Å²) >= 11 is 0. The molecule has 11 heteroatoms. The maximum Gasteiger partial charge on any atom is 0.319 e. The van der Waals surface area contributed by atoms with Gasteiger partial charge in [-0.2, -0.15) is 0 Å². The molecule has 1 aromatic rings. The molecular weight excluding hydrogens is 588 g/mol. The van der Waals surface area contributed by atoms with Gasteiger partial charge in [0, 0.05) is 69.6 Å². The third-order valence-corrected chi connectivity index (χ3v) is 10.6. The smallest absolute Gasteiger partial charge is 0.319 e. The van der Waals surface area contributed by atoms with Gasteiger partial charge in [0.1, 0.15) is 18.1 Å². The Bertz CT molecular complexity index is 1160. The van der Waals surface area contributed by atoms with Gasteiger partial charge in [-0.05, 0) is 85.3 Å². The van der Waals surface area contributed by atoms with Crippen LogP contribution in [-0.4, -0.2) is 133 Å². The van der Waals surface area contributed by atoms with Crippen molar-refractivity contribution in [3.05, 3.63) is 30.1 Å². The summed E-state index contributed by atoms with van der Waals surface area (Å²) in [5.74, 6) is -1.13. The normalized spacial score (nSPS) is 37.6. The predicted molar refractivity (Wildman–Crippen MR) is 175 cm³/mol. The zero-order chi connectivity index (χ0) is 34.0. The highest BCUT2D eigenvalue weighted by Crippen LogP contribution is 2.38. The minimum Gasteiger partial charge on any atom is -0.463 e. The fourth-order valence-electron chi connectivity index (χ4n) is 7.79. The number of hydrogen-bond acceptors (Lipinski definition) is 11. The van der Waals surface area contributed by atoms with Crippen LogP contribution in [0, 0.1) is 23.2 Å². The van der Waals surface area contributed by atoms with E-state index < -0.39 is 41.4 Å². The molecule has 0 aliphatic carbocycles. The lowest BCUT2D eigenvalue weighted by Crippen LogP contribution is -2.59. The van der Waals surface area contributed by atoms with Crippen LogP contribution in [0.3, 0.4) is 0 Å². The minimum atomic E-state index is -1.42. The standard InChI is InChI=1S/C35H58N4O7/c1-22-16-35(6,43-10)31(46-32-29(40)27(37(7)8)15-23(2)45-32)24(3)30(41)34(4,5)33(42)44-21-28(38(9)17-22)26-19-39(20-26)18-25-11-13-36-14-12-25/h11-14,22-24,26-29,31-32,40H,15-21H2,1-10H3/t22-,23-,24+,27+,28?,29-,31-,32+,35-/m1/s1. The van der Waals surface area contributed by atoms with Gasteiger partial charge < -0.3 is 29.0 Å². The summed E-state index contributed by atoms with van der Waals surface area (Å²) in [7, 11) is 7.58. The average Bonchev–Trinajstić information content (AvgIpc) is 2.98. The van der Waals surface area contributed by atoms with Crippen LogP contribution in [0.2, 0.25) is 0 Å². The monoisotopic (exact) mass is 646 g/mol. The number of aliphatic hydroxyl groups excluding tert-OH is 1. The van der Waals surface area contributed by atoms with Crippen molar-refractivity contribution < 1.29 is 33.6 Å². The number of methoxy groups -OCH3 is 1. The fourth-order valence-corrected chi connectivity index (χ4v) is 7.79. The van der Waals surface area contributed by atoms with Crippen molar-refractivity contribution >= 4 is 11.8 Å². The van der Waals surface area contributed by atoms with Crippen molar-refractivity contribution in [2.24, 2.45) is 23.2 Å². The predicted octanol–water partition coefficient (Wildman–Crippen LogP) is 2.84. The van der Waals surface area contributed by atoms with Crippen LogP contribution in [0.4, 0.5) is 0 Å². The number of aliphatic hydroxyl groups is 1. The molecule has 0 saturated carbocycles. The number of aromatic nitrogens is 1. The lowest BCUT2D eigenvalue weighted by atomic mass is 9.74. The van der Waals surface area contributed by atoms with E-state index >= 15 is 0 Å². The number of likely N-dealkylation sites (tertiary alicyclic amines) is 1. The number of likely N-dealkylation sites (N-methyl/N-ethyl adjacent to an activating group) is 2. The Morgan fingerprint density at radius 2 is 1.74 bits per heavy atom. The molecule has 1 N–H and O–H groups in total. The topological polar surface area (TPSA) is 114 Å². The molecule has 3 saturated heterocycles. The highest BCUT2D eigenvalue weighted by Gasteiger charge is 2.52. The number of Topliss-reactive ketones (excluding diaryl/α,β-unsaturated/α-hetero) is 1. The number of carbonyl (C=O) groups is 2. The van der Waals surface area contributed by atoms with E-state index in [0.29, 0.717) is 18.8 Å². The molecule has 11 nitrogen and oxygen atoms in total. The van der Waals surface area contributed by atoms with Crippen LogP contribution in [0.5, 0.6) is 0 Å². The molecular formula is C35H58N4O7. The average molecular weight is 647 g/mol. The Kier molecular flexibility index (Phi) is 12.1. The number of cyclic esters (lactones) is 1. The second-order valence-corrected chi connectivity index (χ2v) is 15.1. The largest absolute Gasteiger partial charge is 0.463 e. The van der Waals surface area contributed by atoms with Gasteiger partial charge in [-0.3, -0.25) is 24.4 Å². The lowest BCUT2D eigenvalue weighted by molar-refractivity contribution is -0.295. The van der Waals surface area contributed by atoms with E-state index in [1.807, 2.05) is 57.4 Å². The Morgan fingerprint density at radius 3 is 2.35 bits per heavy atom. The Morgan fingerprint density at radius 1 is 1.09 bits per heavy atom. The van der Waals surface area contributed by atoms with Crippen LogP contribution in [0.25, 0.3) is 0 Å². The Labute approximate surface area is 275 Å². The van der Waals surface area contributed by atoms with Crippen molar-refractivity contribution in [3.63, 3.8) is 0 Å². The molecule has 3 fully saturated rings. The van der Waals surface area contributed by atoms with Gasteiger partial charge in [0.05, 0.1) is 17.8 Å². The number of esters is 1. The Hall–Kier alpha value is -1.99. The van der Waals surface area contributed by atoms with E-state index in [1.54, 1.807) is 27.9 Å². The first-order valence-electron chi connectivity index (χ1n) is 16.8. The molecule has 46 heavy (non-hydrogen) atoms. The SMILES string of the molecule is CO[C@]1(C)C[C@@H](C)CN(C)C(C2CN(Cc3ccncc3)C2)COC(=O)C(C)(C)C(=O)[C@H](C)[C@H]1O[C@@H]1O[C@H](C)C[C@H](N(C)C)[C@H]1O. The molecule has 0 spiro atoms. The lowest BCUT2D eigenvalue weighted by Gasteiger charge is -2.47. The number of pyridine rings is 1. The van der Waals surface area contributed by atoms with Gasteiger partial charge in [0.2, 0.25) is 0 Å². The zero-order valence-electron chi connectivity index (χ0n) is 29.6. The summed E-state index contributed by atoms with van der Waals surface area (Å²) in [6.45, 7) is 14.7. The van der Waals surface area contributed by atoms with Crippen LogP contribution >= 0.6 is 0 Å². The summed E-state index contributed by atoms with van der Waals surface area (Å²) in [6.07, 6.45) is 2.02. The van der Waals surface area contributed by atoms with Crippen molar-refractivity contribution in [2.75, 3.05) is 54.5 Å². The van der Waals surface area contributed by atoms with Gasteiger partial charge in [-0.25, -0.2) is 0 Å². The molecule has 1 unspecified atom stereocenters. The molecule has 0 amide bonds. The molecule has 4 rings (SSSR count). The van der Waals surface area contributed by atoms with Gasteiger partial charge in [-0.15, -0.1) is 0 Å². The molecule has 3 aliphatic rings. The highest BCUT2D eigenvalue weighted by atomic mass is 16.7. The number of nitrogens with zero attached hydrogens (tertiary/aromatic N) is 4. The first-order chi connectivity index (χ1) is 21.6. The van der Waals surface area contributed by atoms with E-state index in [2.05, 4.69) is 28.8 Å². The third kappa shape index (κ3) is 8.17. The number of rotatable bonds is 7. The van der Waals surface area contributed by atoms with E-state index in [1.165, 1.54) is 5.56 Å². The minimum absolute atomic E-state index is 0.000238. The second-order valence-electron chi connectivity index (χ2n) is 15.1. The van der Waals surface area contributed by atoms with Crippen molar-refractivity contribution in [1.29, 1.82) is 0 Å². The maximum absolute atomic E-state index is 14.2. The first kappa shape index (κ1) is 36.8. The number of ether oxygens (including phenoxy) is 4. The molecule has 0 aromatic carbocycles.